The molecule has 2 rings (SSSR count). The predicted molar refractivity (Wildman–Crippen MR) is 64.6 cm³/mol. The van der Waals surface area contributed by atoms with Crippen LogP contribution < -0.4 is 5.73 Å². The molecule has 136 valence electrons. The van der Waals surface area contributed by atoms with E-state index in [0.717, 1.165) is 19.1 Å². The van der Waals surface area contributed by atoms with Crippen LogP contribution in [-0.4, -0.2) is 64.6 Å². The van der Waals surface area contributed by atoms with Crippen molar-refractivity contribution in [2.75, 3.05) is 13.1 Å². The third-order valence-electron chi connectivity index (χ3n) is 3.01. The fraction of sp³-hybridized carbons (Fsp3) is 0.818. The van der Waals surface area contributed by atoms with E-state index >= 15 is 0 Å². The van der Waals surface area contributed by atoms with Gasteiger partial charge in [-0.3, -0.25) is 4.90 Å². The average molecular weight is 354 g/mol. The van der Waals surface area contributed by atoms with Crippen LogP contribution in [-0.2, 0) is 9.59 Å². The molecule has 0 aromatic carbocycles. The van der Waals surface area contributed by atoms with Crippen LogP contribution in [0, 0.1) is 0 Å². The number of aliphatic carboxylic acids is 2. The van der Waals surface area contributed by atoms with E-state index in [1.165, 1.54) is 19.3 Å². The number of nitrogens with zero attached hydrogens (tertiary/aromatic N) is 1. The van der Waals surface area contributed by atoms with E-state index in [1.54, 1.807) is 0 Å². The number of carboxylic acid groups (broad SMARTS) is 2. The molecule has 12 heteroatoms. The van der Waals surface area contributed by atoms with Gasteiger partial charge in [0.2, 0.25) is 0 Å². The fourth-order valence-electron chi connectivity index (χ4n) is 1.60. The summed E-state index contributed by atoms with van der Waals surface area (Å²) in [7, 11) is 0. The molecule has 0 radical (unpaired) electrons. The summed E-state index contributed by atoms with van der Waals surface area (Å²) in [6.45, 7) is 2.31. The molecule has 1 aliphatic heterocycles. The molecular weight excluding hydrogens is 338 g/mol. The Morgan fingerprint density at radius 3 is 1.35 bits per heavy atom. The highest BCUT2D eigenvalue weighted by Crippen LogP contribution is 2.27. The van der Waals surface area contributed by atoms with Crippen LogP contribution in [0.2, 0.25) is 0 Å². The van der Waals surface area contributed by atoms with Crippen LogP contribution in [0.1, 0.15) is 19.3 Å². The summed E-state index contributed by atoms with van der Waals surface area (Å²) in [6, 6.07) is 1.41. The molecule has 0 atom stereocenters. The van der Waals surface area contributed by atoms with Crippen LogP contribution >= 0.6 is 0 Å². The number of likely N-dealkylation sites (tertiary alicyclic amines) is 1. The van der Waals surface area contributed by atoms with Gasteiger partial charge in [0.05, 0.1) is 0 Å². The van der Waals surface area contributed by atoms with Crippen molar-refractivity contribution in [1.82, 2.24) is 4.90 Å². The van der Waals surface area contributed by atoms with Gasteiger partial charge in [0.15, 0.2) is 0 Å². The van der Waals surface area contributed by atoms with Crippen LogP contribution in [0.3, 0.4) is 0 Å². The summed E-state index contributed by atoms with van der Waals surface area (Å²) in [5.41, 5.74) is 5.64. The first-order chi connectivity index (χ1) is 10.2. The zero-order valence-electron chi connectivity index (χ0n) is 11.7. The second kappa shape index (κ2) is 8.34. The molecule has 1 heterocycles. The second-order valence-electron chi connectivity index (χ2n) is 4.90. The van der Waals surface area contributed by atoms with E-state index in [1.807, 2.05) is 0 Å². The van der Waals surface area contributed by atoms with Gasteiger partial charge in [0, 0.05) is 25.2 Å². The molecular formula is C11H16F6N2O4. The molecule has 0 unspecified atom stereocenters. The Morgan fingerprint density at radius 1 is 0.913 bits per heavy atom. The number of halogens is 6. The van der Waals surface area contributed by atoms with Gasteiger partial charge >= 0.3 is 24.3 Å². The minimum Gasteiger partial charge on any atom is -0.475 e. The van der Waals surface area contributed by atoms with Crippen molar-refractivity contribution in [3.05, 3.63) is 0 Å². The van der Waals surface area contributed by atoms with Crippen LogP contribution in [0.4, 0.5) is 26.3 Å². The number of nitrogens with two attached hydrogens (primary N) is 1. The summed E-state index contributed by atoms with van der Waals surface area (Å²) >= 11 is 0. The van der Waals surface area contributed by atoms with Gasteiger partial charge in [-0.1, -0.05) is 6.42 Å². The Hall–Kier alpha value is -1.56. The molecule has 0 spiro atoms. The lowest BCUT2D eigenvalue weighted by Crippen LogP contribution is -2.60. The highest BCUT2D eigenvalue weighted by molar-refractivity contribution is 5.73. The van der Waals surface area contributed by atoms with Crippen molar-refractivity contribution in [2.24, 2.45) is 5.73 Å². The van der Waals surface area contributed by atoms with Gasteiger partial charge in [0.1, 0.15) is 0 Å². The van der Waals surface area contributed by atoms with Gasteiger partial charge in [0.25, 0.3) is 0 Å². The van der Waals surface area contributed by atoms with Crippen molar-refractivity contribution in [1.29, 1.82) is 0 Å². The Bertz CT molecular complexity index is 378. The molecule has 6 nitrogen and oxygen atoms in total. The average Bonchev–Trinajstić information content (AvgIpc) is 2.23. The second-order valence-corrected chi connectivity index (χ2v) is 4.90. The highest BCUT2D eigenvalue weighted by atomic mass is 19.4. The lowest BCUT2D eigenvalue weighted by atomic mass is 9.88. The topological polar surface area (TPSA) is 104 Å². The van der Waals surface area contributed by atoms with E-state index in [2.05, 4.69) is 4.90 Å². The molecule has 2 fully saturated rings. The normalized spacial score (nSPS) is 19.3. The highest BCUT2D eigenvalue weighted by Gasteiger charge is 2.38. The van der Waals surface area contributed by atoms with E-state index in [0.29, 0.717) is 6.04 Å². The molecule has 0 aromatic rings. The first kappa shape index (κ1) is 21.4. The quantitative estimate of drug-likeness (QED) is 0.616. The summed E-state index contributed by atoms with van der Waals surface area (Å²) in [4.78, 5) is 20.3. The number of rotatable bonds is 1. The molecule has 2 aliphatic rings. The smallest absolute Gasteiger partial charge is 0.475 e. The Labute approximate surface area is 126 Å². The fourth-order valence-corrected chi connectivity index (χ4v) is 1.60. The summed E-state index contributed by atoms with van der Waals surface area (Å²) in [5, 5.41) is 14.2. The zero-order valence-corrected chi connectivity index (χ0v) is 11.7. The van der Waals surface area contributed by atoms with Crippen molar-refractivity contribution in [3.8, 4) is 0 Å². The predicted octanol–water partition coefficient (Wildman–Crippen LogP) is 1.45. The maximum absolute atomic E-state index is 10.6. The van der Waals surface area contributed by atoms with Crippen molar-refractivity contribution in [2.45, 2.75) is 43.7 Å². The summed E-state index contributed by atoms with van der Waals surface area (Å²) < 4.78 is 63.5. The number of carbonyl (C=O) groups is 2. The van der Waals surface area contributed by atoms with Crippen molar-refractivity contribution in [3.63, 3.8) is 0 Å². The van der Waals surface area contributed by atoms with Gasteiger partial charge < -0.3 is 15.9 Å². The number of hydrogen-bond acceptors (Lipinski definition) is 4. The molecule has 1 saturated carbocycles. The Kier molecular flexibility index (Phi) is 7.77. The minimum atomic E-state index is -5.08. The standard InChI is InChI=1S/C7H14N2.2C2HF3O2/c8-6-4-9(5-6)7-2-1-3-7;2*3-2(4,5)1(6)7/h6-7H,1-5,8H2;2*(H,6,7). The zero-order chi connectivity index (χ0) is 18.4. The largest absolute Gasteiger partial charge is 0.490 e. The maximum Gasteiger partial charge on any atom is 0.490 e. The minimum absolute atomic E-state index is 0.491. The molecule has 23 heavy (non-hydrogen) atoms. The maximum atomic E-state index is 10.6. The van der Waals surface area contributed by atoms with Gasteiger partial charge in [-0.15, -0.1) is 0 Å². The van der Waals surface area contributed by atoms with E-state index < -0.39 is 24.3 Å². The molecule has 4 N–H and O–H groups in total. The van der Waals surface area contributed by atoms with Crippen LogP contribution in [0.25, 0.3) is 0 Å². The van der Waals surface area contributed by atoms with Gasteiger partial charge in [-0.2, -0.15) is 26.3 Å². The van der Waals surface area contributed by atoms with Gasteiger partial charge in [-0.05, 0) is 12.8 Å². The first-order valence-corrected chi connectivity index (χ1v) is 6.35. The molecule has 1 aliphatic carbocycles. The van der Waals surface area contributed by atoms with E-state index in [4.69, 9.17) is 25.5 Å². The summed E-state index contributed by atoms with van der Waals surface area (Å²) in [5.74, 6) is -5.51. The first-order valence-electron chi connectivity index (χ1n) is 6.35. The van der Waals surface area contributed by atoms with Gasteiger partial charge in [-0.25, -0.2) is 9.59 Å². The molecule has 1 saturated heterocycles. The monoisotopic (exact) mass is 354 g/mol. The number of carboxylic acids is 2. The van der Waals surface area contributed by atoms with E-state index in [-0.39, 0.29) is 0 Å². The number of hydrogen-bond donors (Lipinski definition) is 3. The SMILES string of the molecule is NC1CN(C2CCC2)C1.O=C(O)C(F)(F)F.O=C(O)C(F)(F)F. The molecule has 0 bridgehead atoms. The third kappa shape index (κ3) is 8.59. The Morgan fingerprint density at radius 2 is 1.22 bits per heavy atom. The summed E-state index contributed by atoms with van der Waals surface area (Å²) in [6.07, 6.45) is -5.88. The lowest BCUT2D eigenvalue weighted by Gasteiger charge is -2.46. The lowest BCUT2D eigenvalue weighted by molar-refractivity contribution is -0.193. The van der Waals surface area contributed by atoms with Crippen molar-refractivity contribution >= 4 is 11.9 Å². The Balaban J connectivity index is 0.000000322. The molecule has 0 aromatic heterocycles. The molecule has 0 amide bonds. The van der Waals surface area contributed by atoms with E-state index in [9.17, 15) is 26.3 Å². The third-order valence-corrected chi connectivity index (χ3v) is 3.01. The van der Waals surface area contributed by atoms with Crippen LogP contribution in [0.5, 0.6) is 0 Å². The number of alkyl halides is 6. The van der Waals surface area contributed by atoms with Crippen LogP contribution in [0.15, 0.2) is 0 Å². The van der Waals surface area contributed by atoms with Crippen molar-refractivity contribution < 1.29 is 46.1 Å².